The van der Waals surface area contributed by atoms with E-state index in [1.807, 2.05) is 4.68 Å². The predicted molar refractivity (Wildman–Crippen MR) is 75.3 cm³/mol. The Balaban J connectivity index is 2.39. The summed E-state index contributed by atoms with van der Waals surface area (Å²) in [5.41, 5.74) is 9.64. The van der Waals surface area contributed by atoms with Gasteiger partial charge in [0.1, 0.15) is 0 Å². The highest BCUT2D eigenvalue weighted by Crippen LogP contribution is 2.30. The number of aryl methyl sites for hydroxylation is 2. The molecule has 92 valence electrons. The predicted octanol–water partition coefficient (Wildman–Crippen LogP) is 3.34. The van der Waals surface area contributed by atoms with Crippen molar-refractivity contribution in [2.24, 2.45) is 5.73 Å². The van der Waals surface area contributed by atoms with E-state index in [-0.39, 0.29) is 6.04 Å². The molecule has 0 aromatic carbocycles. The summed E-state index contributed by atoms with van der Waals surface area (Å²) < 4.78 is 3.07. The van der Waals surface area contributed by atoms with Gasteiger partial charge in [-0.15, -0.1) is 0 Å². The van der Waals surface area contributed by atoms with Gasteiger partial charge < -0.3 is 5.73 Å². The lowest BCUT2D eigenvalue weighted by Crippen LogP contribution is -2.16. The van der Waals surface area contributed by atoms with E-state index in [4.69, 9.17) is 5.73 Å². The zero-order valence-corrected chi connectivity index (χ0v) is 12.4. The molecule has 17 heavy (non-hydrogen) atoms. The van der Waals surface area contributed by atoms with Gasteiger partial charge in [0, 0.05) is 16.4 Å². The Labute approximate surface area is 114 Å². The van der Waals surface area contributed by atoms with Crippen LogP contribution >= 0.6 is 27.3 Å². The highest BCUT2D eigenvalue weighted by Gasteiger charge is 2.18. The van der Waals surface area contributed by atoms with Gasteiger partial charge in [-0.05, 0) is 46.3 Å². The van der Waals surface area contributed by atoms with E-state index >= 15 is 0 Å². The zero-order chi connectivity index (χ0) is 12.4. The molecule has 2 aromatic heterocycles. The van der Waals surface area contributed by atoms with Crippen LogP contribution in [0.1, 0.15) is 36.8 Å². The molecule has 0 bridgehead atoms. The number of halogens is 1. The van der Waals surface area contributed by atoms with Crippen molar-refractivity contribution < 1.29 is 0 Å². The van der Waals surface area contributed by atoms with Gasteiger partial charge in [0.05, 0.1) is 17.4 Å². The van der Waals surface area contributed by atoms with Crippen LogP contribution in [0.4, 0.5) is 0 Å². The van der Waals surface area contributed by atoms with Crippen molar-refractivity contribution in [1.82, 2.24) is 9.78 Å². The topological polar surface area (TPSA) is 43.8 Å². The second-order valence-corrected chi connectivity index (χ2v) is 5.48. The van der Waals surface area contributed by atoms with Crippen LogP contribution < -0.4 is 5.73 Å². The molecule has 2 aromatic rings. The molecule has 3 nitrogen and oxygen atoms in total. The summed E-state index contributed by atoms with van der Waals surface area (Å²) in [7, 11) is 0. The molecular weight excluding hydrogens is 298 g/mol. The molecule has 0 spiro atoms. The monoisotopic (exact) mass is 313 g/mol. The maximum atomic E-state index is 6.32. The molecule has 5 heteroatoms. The van der Waals surface area contributed by atoms with Gasteiger partial charge in [-0.3, -0.25) is 4.68 Å². The van der Waals surface area contributed by atoms with E-state index < -0.39 is 0 Å². The van der Waals surface area contributed by atoms with Crippen LogP contribution in [0.5, 0.6) is 0 Å². The number of hydrogen-bond donors (Lipinski definition) is 1. The maximum Gasteiger partial charge on any atom is 0.0742 e. The van der Waals surface area contributed by atoms with E-state index in [0.29, 0.717) is 0 Å². The van der Waals surface area contributed by atoms with Crippen LogP contribution in [0.15, 0.2) is 21.3 Å². The molecule has 1 unspecified atom stereocenters. The molecule has 0 aliphatic rings. The Kier molecular flexibility index (Phi) is 4.01. The maximum absolute atomic E-state index is 6.32. The van der Waals surface area contributed by atoms with Crippen molar-refractivity contribution >= 4 is 27.3 Å². The van der Waals surface area contributed by atoms with E-state index in [0.717, 1.165) is 34.4 Å². The van der Waals surface area contributed by atoms with E-state index in [9.17, 15) is 0 Å². The molecule has 0 aliphatic carbocycles. The number of nitrogens with zero attached hydrogens (tertiary/aromatic N) is 2. The minimum absolute atomic E-state index is 0.108. The molecule has 0 aliphatic heterocycles. The first kappa shape index (κ1) is 12.8. The Morgan fingerprint density at radius 3 is 2.76 bits per heavy atom. The number of hydrogen-bond acceptors (Lipinski definition) is 3. The van der Waals surface area contributed by atoms with Crippen LogP contribution in [0.3, 0.4) is 0 Å². The van der Waals surface area contributed by atoms with Gasteiger partial charge in [0.25, 0.3) is 0 Å². The molecule has 0 fully saturated rings. The first-order chi connectivity index (χ1) is 8.17. The molecule has 0 saturated carbocycles. The van der Waals surface area contributed by atoms with E-state index in [2.05, 4.69) is 51.7 Å². The summed E-state index contributed by atoms with van der Waals surface area (Å²) in [6.07, 6.45) is 0.942. The fourth-order valence-electron chi connectivity index (χ4n) is 1.84. The zero-order valence-electron chi connectivity index (χ0n) is 9.98. The summed E-state index contributed by atoms with van der Waals surface area (Å²) in [6.45, 7) is 5.05. The minimum Gasteiger partial charge on any atom is -0.319 e. The SMILES string of the molecule is CCc1cc(C(N)c2cscc2Br)n(CC)n1. The van der Waals surface area contributed by atoms with Gasteiger partial charge in [-0.2, -0.15) is 16.4 Å². The Hall–Kier alpha value is -0.650. The van der Waals surface area contributed by atoms with Crippen molar-refractivity contribution in [3.8, 4) is 0 Å². The normalized spacial score (nSPS) is 12.9. The van der Waals surface area contributed by atoms with E-state index in [1.54, 1.807) is 11.3 Å². The van der Waals surface area contributed by atoms with Crippen molar-refractivity contribution in [2.75, 3.05) is 0 Å². The van der Waals surface area contributed by atoms with Crippen molar-refractivity contribution in [3.05, 3.63) is 38.3 Å². The highest BCUT2D eigenvalue weighted by atomic mass is 79.9. The second kappa shape index (κ2) is 5.33. The largest absolute Gasteiger partial charge is 0.319 e. The summed E-state index contributed by atoms with van der Waals surface area (Å²) >= 11 is 5.19. The van der Waals surface area contributed by atoms with Gasteiger partial charge >= 0.3 is 0 Å². The average Bonchev–Trinajstić information content (AvgIpc) is 2.93. The Bertz CT molecular complexity index is 504. The quantitative estimate of drug-likeness (QED) is 0.940. The molecule has 2 heterocycles. The highest BCUT2D eigenvalue weighted by molar-refractivity contribution is 9.10. The van der Waals surface area contributed by atoms with Crippen LogP contribution in [0.2, 0.25) is 0 Å². The molecule has 2 N–H and O–H groups in total. The summed E-state index contributed by atoms with van der Waals surface area (Å²) in [5.74, 6) is 0. The fraction of sp³-hybridized carbons (Fsp3) is 0.417. The lowest BCUT2D eigenvalue weighted by atomic mass is 10.1. The third-order valence-electron chi connectivity index (χ3n) is 2.82. The first-order valence-electron chi connectivity index (χ1n) is 5.71. The van der Waals surface area contributed by atoms with Crippen LogP contribution in [0.25, 0.3) is 0 Å². The number of nitrogens with two attached hydrogens (primary N) is 1. The number of rotatable bonds is 4. The lowest BCUT2D eigenvalue weighted by molar-refractivity contribution is 0.595. The standard InChI is InChI=1S/C12H16BrN3S/c1-3-8-5-11(16(4-2)15-8)12(14)9-6-17-7-10(9)13/h5-7,12H,3-4,14H2,1-2H3. The van der Waals surface area contributed by atoms with Crippen LogP contribution in [-0.2, 0) is 13.0 Å². The van der Waals surface area contributed by atoms with Crippen molar-refractivity contribution in [2.45, 2.75) is 32.9 Å². The van der Waals surface area contributed by atoms with Crippen molar-refractivity contribution in [3.63, 3.8) is 0 Å². The number of thiophene rings is 1. The van der Waals surface area contributed by atoms with Crippen LogP contribution in [0, 0.1) is 0 Å². The Morgan fingerprint density at radius 1 is 1.47 bits per heavy atom. The molecule has 0 radical (unpaired) electrons. The molecule has 1 atom stereocenters. The first-order valence-corrected chi connectivity index (χ1v) is 7.44. The summed E-state index contributed by atoms with van der Waals surface area (Å²) in [5, 5.41) is 8.68. The molecule has 0 saturated heterocycles. The summed E-state index contributed by atoms with van der Waals surface area (Å²) in [6, 6.07) is 2.00. The summed E-state index contributed by atoms with van der Waals surface area (Å²) in [4.78, 5) is 0. The molecule has 0 amide bonds. The van der Waals surface area contributed by atoms with E-state index in [1.165, 1.54) is 0 Å². The van der Waals surface area contributed by atoms with Gasteiger partial charge in [0.2, 0.25) is 0 Å². The number of aromatic nitrogens is 2. The lowest BCUT2D eigenvalue weighted by Gasteiger charge is -2.12. The van der Waals surface area contributed by atoms with Crippen LogP contribution in [-0.4, -0.2) is 9.78 Å². The fourth-order valence-corrected chi connectivity index (χ4v) is 3.42. The third kappa shape index (κ3) is 2.46. The van der Waals surface area contributed by atoms with Gasteiger partial charge in [-0.1, -0.05) is 6.92 Å². The van der Waals surface area contributed by atoms with Crippen molar-refractivity contribution in [1.29, 1.82) is 0 Å². The van der Waals surface area contributed by atoms with Gasteiger partial charge in [0.15, 0.2) is 0 Å². The minimum atomic E-state index is -0.108. The smallest absolute Gasteiger partial charge is 0.0742 e. The van der Waals surface area contributed by atoms with Gasteiger partial charge in [-0.25, -0.2) is 0 Å². The molecular formula is C12H16BrN3S. The Morgan fingerprint density at radius 2 is 2.24 bits per heavy atom. The second-order valence-electron chi connectivity index (χ2n) is 3.88. The third-order valence-corrected chi connectivity index (χ3v) is 4.57. The molecule has 2 rings (SSSR count). The average molecular weight is 314 g/mol.